The highest BCUT2D eigenvalue weighted by Gasteiger charge is 2.14. The number of aromatic nitrogens is 2. The Morgan fingerprint density at radius 1 is 1.19 bits per heavy atom. The maximum Gasteiger partial charge on any atom is 0.191 e. The third kappa shape index (κ3) is 7.64. The summed E-state index contributed by atoms with van der Waals surface area (Å²) in [6.45, 7) is 12.7. The maximum absolute atomic E-state index is 5.86. The number of hydrogen-bond donors (Lipinski definition) is 2. The van der Waals surface area contributed by atoms with Crippen LogP contribution in [-0.4, -0.2) is 55.3 Å². The Bertz CT molecular complexity index is 828. The van der Waals surface area contributed by atoms with Crippen LogP contribution < -0.4 is 10.6 Å². The van der Waals surface area contributed by atoms with Gasteiger partial charge in [-0.2, -0.15) is 5.10 Å². The quantitative estimate of drug-likeness (QED) is 0.318. The van der Waals surface area contributed by atoms with Gasteiger partial charge in [0, 0.05) is 50.8 Å². The minimum absolute atomic E-state index is 0.613. The standard InChI is InChI=1S/C25H39N5O2/c1-4-26-25(27-13-8-14-32-19-23-11-15-31-16-12-23)28-17-24-20(2)29-30(21(24)3)18-22-9-6-5-7-10-22/h5-7,9-10,23H,4,8,11-19H2,1-3H3,(H2,26,27,28). The number of nitrogens with zero attached hydrogens (tertiary/aromatic N) is 3. The molecule has 0 amide bonds. The van der Waals surface area contributed by atoms with E-state index < -0.39 is 0 Å². The summed E-state index contributed by atoms with van der Waals surface area (Å²) >= 11 is 0. The lowest BCUT2D eigenvalue weighted by atomic mass is 10.0. The van der Waals surface area contributed by atoms with Gasteiger partial charge in [-0.25, -0.2) is 4.99 Å². The summed E-state index contributed by atoms with van der Waals surface area (Å²) in [5, 5.41) is 11.5. The van der Waals surface area contributed by atoms with E-state index in [2.05, 4.69) is 60.4 Å². The lowest BCUT2D eigenvalue weighted by Crippen LogP contribution is -2.38. The van der Waals surface area contributed by atoms with Gasteiger partial charge in [-0.1, -0.05) is 30.3 Å². The third-order valence-electron chi connectivity index (χ3n) is 5.90. The van der Waals surface area contributed by atoms with E-state index in [1.807, 2.05) is 6.07 Å². The van der Waals surface area contributed by atoms with E-state index in [4.69, 9.17) is 19.6 Å². The number of hydrogen-bond acceptors (Lipinski definition) is 4. The van der Waals surface area contributed by atoms with Crippen LogP contribution in [0.3, 0.4) is 0 Å². The van der Waals surface area contributed by atoms with E-state index in [1.165, 1.54) is 16.8 Å². The molecule has 1 aromatic carbocycles. The molecule has 2 heterocycles. The summed E-state index contributed by atoms with van der Waals surface area (Å²) in [6, 6.07) is 10.4. The number of ether oxygens (including phenoxy) is 2. The molecule has 176 valence electrons. The van der Waals surface area contributed by atoms with Crippen molar-refractivity contribution in [3.8, 4) is 0 Å². The van der Waals surface area contributed by atoms with Crippen molar-refractivity contribution in [3.63, 3.8) is 0 Å². The van der Waals surface area contributed by atoms with Crippen molar-refractivity contribution < 1.29 is 9.47 Å². The number of guanidine groups is 1. The van der Waals surface area contributed by atoms with Crippen LogP contribution in [-0.2, 0) is 22.6 Å². The van der Waals surface area contributed by atoms with E-state index in [-0.39, 0.29) is 0 Å². The summed E-state index contributed by atoms with van der Waals surface area (Å²) in [5.41, 5.74) is 4.66. The Morgan fingerprint density at radius 2 is 1.97 bits per heavy atom. The van der Waals surface area contributed by atoms with E-state index in [0.717, 1.165) is 77.0 Å². The highest BCUT2D eigenvalue weighted by atomic mass is 16.5. The minimum Gasteiger partial charge on any atom is -0.381 e. The van der Waals surface area contributed by atoms with Gasteiger partial charge in [0.05, 0.1) is 18.8 Å². The molecule has 0 saturated carbocycles. The van der Waals surface area contributed by atoms with Crippen molar-refractivity contribution in [2.24, 2.45) is 10.9 Å². The normalized spacial score (nSPS) is 15.2. The Labute approximate surface area is 192 Å². The molecule has 0 bridgehead atoms. The van der Waals surface area contributed by atoms with Crippen molar-refractivity contribution in [2.45, 2.75) is 53.1 Å². The number of nitrogens with one attached hydrogen (secondary N) is 2. The highest BCUT2D eigenvalue weighted by molar-refractivity contribution is 5.79. The van der Waals surface area contributed by atoms with Crippen LogP contribution in [0.1, 0.15) is 48.7 Å². The van der Waals surface area contributed by atoms with Gasteiger partial charge in [0.1, 0.15) is 0 Å². The fraction of sp³-hybridized carbons (Fsp3) is 0.600. The SMILES string of the molecule is CCNC(=NCc1c(C)nn(Cc2ccccc2)c1C)NCCCOCC1CCOCC1. The molecule has 0 radical (unpaired) electrons. The summed E-state index contributed by atoms with van der Waals surface area (Å²) in [7, 11) is 0. The van der Waals surface area contributed by atoms with E-state index in [9.17, 15) is 0 Å². The Kier molecular flexibility index (Phi) is 10.0. The predicted octanol–water partition coefficient (Wildman–Crippen LogP) is 3.44. The van der Waals surface area contributed by atoms with Gasteiger partial charge in [-0.15, -0.1) is 0 Å². The molecule has 1 fully saturated rings. The fourth-order valence-corrected chi connectivity index (χ4v) is 3.92. The Morgan fingerprint density at radius 3 is 2.72 bits per heavy atom. The second-order valence-corrected chi connectivity index (χ2v) is 8.40. The molecule has 1 aliphatic heterocycles. The highest BCUT2D eigenvalue weighted by Crippen LogP contribution is 2.16. The summed E-state index contributed by atoms with van der Waals surface area (Å²) in [6.07, 6.45) is 3.20. The van der Waals surface area contributed by atoms with Crippen molar-refractivity contribution in [1.82, 2.24) is 20.4 Å². The van der Waals surface area contributed by atoms with Crippen LogP contribution in [0.15, 0.2) is 35.3 Å². The topological polar surface area (TPSA) is 72.7 Å². The molecule has 2 aromatic rings. The van der Waals surface area contributed by atoms with E-state index >= 15 is 0 Å². The zero-order valence-corrected chi connectivity index (χ0v) is 19.9. The largest absolute Gasteiger partial charge is 0.381 e. The first-order valence-corrected chi connectivity index (χ1v) is 11.9. The first-order chi connectivity index (χ1) is 15.7. The average Bonchev–Trinajstić information content (AvgIpc) is 3.08. The molecule has 3 rings (SSSR count). The first kappa shape index (κ1) is 24.3. The Balaban J connectivity index is 1.45. The molecule has 1 aliphatic rings. The third-order valence-corrected chi connectivity index (χ3v) is 5.90. The number of benzene rings is 1. The van der Waals surface area contributed by atoms with Gasteiger partial charge in [-0.3, -0.25) is 4.68 Å². The van der Waals surface area contributed by atoms with Crippen LogP contribution in [0.5, 0.6) is 0 Å². The molecular weight excluding hydrogens is 402 g/mol. The summed E-state index contributed by atoms with van der Waals surface area (Å²) < 4.78 is 13.3. The second-order valence-electron chi connectivity index (χ2n) is 8.40. The molecule has 0 aliphatic carbocycles. The van der Waals surface area contributed by atoms with Crippen LogP contribution in [0, 0.1) is 19.8 Å². The summed E-state index contributed by atoms with van der Waals surface area (Å²) in [5.74, 6) is 1.50. The van der Waals surface area contributed by atoms with Gasteiger partial charge in [0.2, 0.25) is 0 Å². The van der Waals surface area contributed by atoms with Gasteiger partial charge in [0.25, 0.3) is 0 Å². The van der Waals surface area contributed by atoms with Crippen LogP contribution in [0.2, 0.25) is 0 Å². The molecule has 0 atom stereocenters. The maximum atomic E-state index is 5.86. The van der Waals surface area contributed by atoms with Crippen LogP contribution >= 0.6 is 0 Å². The van der Waals surface area contributed by atoms with Crippen molar-refractivity contribution in [1.29, 1.82) is 0 Å². The molecule has 7 nitrogen and oxygen atoms in total. The lowest BCUT2D eigenvalue weighted by Gasteiger charge is -2.21. The smallest absolute Gasteiger partial charge is 0.191 e. The zero-order chi connectivity index (χ0) is 22.6. The monoisotopic (exact) mass is 441 g/mol. The van der Waals surface area contributed by atoms with E-state index in [1.54, 1.807) is 0 Å². The van der Waals surface area contributed by atoms with Crippen molar-refractivity contribution in [3.05, 3.63) is 52.8 Å². The molecule has 2 N–H and O–H groups in total. The Hall–Kier alpha value is -2.38. The number of aliphatic imine (C=N–C) groups is 1. The van der Waals surface area contributed by atoms with Gasteiger partial charge < -0.3 is 20.1 Å². The molecule has 1 saturated heterocycles. The van der Waals surface area contributed by atoms with Crippen molar-refractivity contribution >= 4 is 5.96 Å². The zero-order valence-electron chi connectivity index (χ0n) is 19.9. The van der Waals surface area contributed by atoms with Crippen LogP contribution in [0.25, 0.3) is 0 Å². The van der Waals surface area contributed by atoms with E-state index in [0.29, 0.717) is 12.5 Å². The molecule has 0 spiro atoms. The molecule has 7 heteroatoms. The number of rotatable bonds is 11. The molecule has 1 aromatic heterocycles. The molecular formula is C25H39N5O2. The summed E-state index contributed by atoms with van der Waals surface area (Å²) in [4.78, 5) is 4.80. The molecule has 32 heavy (non-hydrogen) atoms. The minimum atomic E-state index is 0.613. The lowest BCUT2D eigenvalue weighted by molar-refractivity contribution is 0.0203. The first-order valence-electron chi connectivity index (χ1n) is 11.9. The average molecular weight is 442 g/mol. The fourth-order valence-electron chi connectivity index (χ4n) is 3.92. The second kappa shape index (κ2) is 13.2. The van der Waals surface area contributed by atoms with Gasteiger partial charge in [0.15, 0.2) is 5.96 Å². The predicted molar refractivity (Wildman–Crippen MR) is 129 cm³/mol. The van der Waals surface area contributed by atoms with Crippen molar-refractivity contribution in [2.75, 3.05) is 39.5 Å². The molecule has 0 unspecified atom stereocenters. The van der Waals surface area contributed by atoms with Crippen LogP contribution in [0.4, 0.5) is 0 Å². The van der Waals surface area contributed by atoms with Gasteiger partial charge in [-0.05, 0) is 51.5 Å². The van der Waals surface area contributed by atoms with Gasteiger partial charge >= 0.3 is 0 Å². The number of aryl methyl sites for hydroxylation is 1.